The van der Waals surface area contributed by atoms with E-state index in [1.165, 1.54) is 6.20 Å². The Kier molecular flexibility index (Phi) is 6.31. The molecule has 1 heterocycles. The first kappa shape index (κ1) is 23.4. The molecule has 0 atom stereocenters. The van der Waals surface area contributed by atoms with Crippen molar-refractivity contribution < 1.29 is 13.2 Å². The van der Waals surface area contributed by atoms with Crippen LogP contribution in [0.3, 0.4) is 0 Å². The first-order valence-electron chi connectivity index (χ1n) is 10.1. The molecular weight excluding hydrogens is 483 g/mol. The fourth-order valence-corrected chi connectivity index (χ4v) is 4.57. The van der Waals surface area contributed by atoms with Crippen molar-refractivity contribution in [2.45, 2.75) is 17.7 Å². The summed E-state index contributed by atoms with van der Waals surface area (Å²) in [5, 5.41) is 0.425. The number of hydrogen-bond acceptors (Lipinski definition) is 4. The number of hydrogen-bond donors (Lipinski definition) is 2. The van der Waals surface area contributed by atoms with E-state index in [4.69, 9.17) is 27.9 Å². The number of nitrogens with one attached hydrogen (secondary N) is 2. The third-order valence-corrected chi connectivity index (χ3v) is 6.75. The zero-order valence-corrected chi connectivity index (χ0v) is 20.3. The maximum atomic E-state index is 12.5. The topological polar surface area (TPSA) is 88.3 Å². The Balaban J connectivity index is 1.77. The summed E-state index contributed by atoms with van der Waals surface area (Å²) in [7, 11) is -1.75. The van der Waals surface area contributed by atoms with Crippen LogP contribution in [0.1, 0.15) is 29.5 Å². The van der Waals surface area contributed by atoms with Crippen LogP contribution in [0.2, 0.25) is 5.02 Å². The summed E-state index contributed by atoms with van der Waals surface area (Å²) in [5.41, 5.74) is 3.81. The number of ether oxygens (including phenoxy) is 1. The van der Waals surface area contributed by atoms with Crippen LogP contribution in [-0.2, 0) is 14.9 Å². The molecule has 33 heavy (non-hydrogen) atoms. The molecule has 172 valence electrons. The van der Waals surface area contributed by atoms with Gasteiger partial charge in [-0.2, -0.15) is 0 Å². The number of aromatic nitrogens is 1. The van der Waals surface area contributed by atoms with Crippen LogP contribution in [0.4, 0.5) is 5.69 Å². The molecule has 9 heteroatoms. The molecule has 0 amide bonds. The smallest absolute Gasteiger partial charge is 0.255 e. The largest absolute Gasteiger partial charge is 0.496 e. The molecule has 1 fully saturated rings. The molecule has 1 aliphatic carbocycles. The Hall–Kier alpha value is -2.74. The molecule has 0 bridgehead atoms. The van der Waals surface area contributed by atoms with Gasteiger partial charge in [-0.3, -0.25) is 9.52 Å². The number of pyridine rings is 1. The Morgan fingerprint density at radius 2 is 1.82 bits per heavy atom. The third kappa shape index (κ3) is 5.43. The number of rotatable bonds is 7. The van der Waals surface area contributed by atoms with Crippen molar-refractivity contribution in [3.05, 3.63) is 80.7 Å². The second-order valence-corrected chi connectivity index (χ2v) is 10.9. The lowest BCUT2D eigenvalue weighted by Crippen LogP contribution is -2.09. The average molecular weight is 505 g/mol. The molecule has 6 nitrogen and oxygen atoms in total. The molecule has 0 radical (unpaired) electrons. The maximum absolute atomic E-state index is 12.5. The predicted octanol–water partition coefficient (Wildman–Crippen LogP) is 5.47. The van der Waals surface area contributed by atoms with E-state index in [0.29, 0.717) is 27.6 Å². The monoisotopic (exact) mass is 504 g/mol. The lowest BCUT2D eigenvalue weighted by atomic mass is 9.96. The van der Waals surface area contributed by atoms with Gasteiger partial charge in [-0.1, -0.05) is 35.9 Å². The van der Waals surface area contributed by atoms with E-state index < -0.39 is 14.9 Å². The van der Waals surface area contributed by atoms with E-state index in [2.05, 4.69) is 9.71 Å². The Morgan fingerprint density at radius 3 is 2.42 bits per heavy atom. The van der Waals surface area contributed by atoms with Gasteiger partial charge < -0.3 is 9.72 Å². The Bertz CT molecular complexity index is 1390. The summed E-state index contributed by atoms with van der Waals surface area (Å²) in [5.74, 6) is 0.649. The van der Waals surface area contributed by atoms with Gasteiger partial charge in [0.15, 0.2) is 0 Å². The maximum Gasteiger partial charge on any atom is 0.255 e. The molecule has 4 rings (SSSR count). The molecule has 1 saturated carbocycles. The van der Waals surface area contributed by atoms with Gasteiger partial charge in [-0.15, -0.1) is 11.6 Å². The number of anilines is 1. The van der Waals surface area contributed by atoms with Crippen molar-refractivity contribution in [3.8, 4) is 16.9 Å². The normalized spacial score (nSPS) is 14.9. The lowest BCUT2D eigenvalue weighted by Gasteiger charge is -2.17. The van der Waals surface area contributed by atoms with Gasteiger partial charge >= 0.3 is 0 Å². The van der Waals surface area contributed by atoms with E-state index in [0.717, 1.165) is 35.8 Å². The van der Waals surface area contributed by atoms with Crippen molar-refractivity contribution in [2.24, 2.45) is 0 Å². The van der Waals surface area contributed by atoms with Gasteiger partial charge in [-0.25, -0.2) is 8.42 Å². The molecule has 0 aliphatic heterocycles. The van der Waals surface area contributed by atoms with Crippen molar-refractivity contribution in [3.63, 3.8) is 0 Å². The van der Waals surface area contributed by atoms with Crippen molar-refractivity contribution in [2.75, 3.05) is 18.1 Å². The SMILES string of the molecule is COc1c(/C=C/c2ccc(NS(C)(=O)=O)cc2)cc(-c2cc(Cl)c[nH]c2=O)cc1C1(Cl)CC1. The number of methoxy groups -OCH3 is 1. The highest BCUT2D eigenvalue weighted by molar-refractivity contribution is 7.92. The molecule has 0 unspecified atom stereocenters. The van der Waals surface area contributed by atoms with Gasteiger partial charge in [0.05, 0.1) is 23.3 Å². The van der Waals surface area contributed by atoms with Gasteiger partial charge in [0, 0.05) is 28.6 Å². The molecule has 0 spiro atoms. The van der Waals surface area contributed by atoms with Gasteiger partial charge in [0.2, 0.25) is 10.0 Å². The summed E-state index contributed by atoms with van der Waals surface area (Å²) in [4.78, 5) is 14.6. The summed E-state index contributed by atoms with van der Waals surface area (Å²) < 4.78 is 31.0. The van der Waals surface area contributed by atoms with E-state index in [1.54, 1.807) is 37.4 Å². The molecule has 0 saturated heterocycles. The number of aromatic amines is 1. The molecular formula is C24H22Cl2N2O4S. The van der Waals surface area contributed by atoms with Crippen molar-refractivity contribution >= 4 is 51.1 Å². The van der Waals surface area contributed by atoms with E-state index >= 15 is 0 Å². The fourth-order valence-electron chi connectivity index (χ4n) is 3.60. The minimum Gasteiger partial charge on any atom is -0.496 e. The average Bonchev–Trinajstić information content (AvgIpc) is 3.51. The first-order valence-corrected chi connectivity index (χ1v) is 12.8. The van der Waals surface area contributed by atoms with Gasteiger partial charge in [-0.05, 0) is 54.3 Å². The standard InChI is InChI=1S/C24H22Cl2N2O4S/c1-32-22-16(6-3-15-4-7-19(8-5-15)28-33(2,30)31)11-17(12-21(22)24(26)9-10-24)20-13-18(25)14-27-23(20)29/h3-8,11-14,28H,9-10H2,1-2H3,(H,27,29)/b6-3+. The molecule has 2 aromatic carbocycles. The zero-order valence-electron chi connectivity index (χ0n) is 18.0. The number of benzene rings is 2. The highest BCUT2D eigenvalue weighted by Gasteiger charge is 2.45. The van der Waals surface area contributed by atoms with Crippen LogP contribution >= 0.6 is 23.2 Å². The summed E-state index contributed by atoms with van der Waals surface area (Å²) in [6.07, 6.45) is 7.95. The first-order chi connectivity index (χ1) is 15.6. The minimum atomic E-state index is -3.34. The van der Waals surface area contributed by atoms with Gasteiger partial charge in [0.1, 0.15) is 5.75 Å². The van der Waals surface area contributed by atoms with Crippen LogP contribution in [0.25, 0.3) is 23.3 Å². The van der Waals surface area contributed by atoms with Crippen LogP contribution in [0.15, 0.2) is 53.5 Å². The number of alkyl halides is 1. The number of sulfonamides is 1. The van der Waals surface area contributed by atoms with Crippen LogP contribution < -0.4 is 15.0 Å². The van der Waals surface area contributed by atoms with Gasteiger partial charge in [0.25, 0.3) is 5.56 Å². The zero-order chi connectivity index (χ0) is 23.8. The minimum absolute atomic E-state index is 0.251. The van der Waals surface area contributed by atoms with Crippen molar-refractivity contribution in [1.82, 2.24) is 4.98 Å². The highest BCUT2D eigenvalue weighted by Crippen LogP contribution is 2.56. The molecule has 2 N–H and O–H groups in total. The van der Waals surface area contributed by atoms with E-state index in [1.807, 2.05) is 24.3 Å². The highest BCUT2D eigenvalue weighted by atomic mass is 35.5. The second-order valence-electron chi connectivity index (χ2n) is 8.00. The predicted molar refractivity (Wildman–Crippen MR) is 135 cm³/mol. The molecule has 1 aromatic heterocycles. The van der Waals surface area contributed by atoms with Crippen LogP contribution in [0, 0.1) is 0 Å². The van der Waals surface area contributed by atoms with Crippen molar-refractivity contribution in [1.29, 1.82) is 0 Å². The van der Waals surface area contributed by atoms with Crippen LogP contribution in [0.5, 0.6) is 5.75 Å². The Labute approximate surface area is 202 Å². The van der Waals surface area contributed by atoms with Crippen LogP contribution in [-0.4, -0.2) is 26.8 Å². The quantitative estimate of drug-likeness (QED) is 0.329. The second kappa shape index (κ2) is 8.89. The Morgan fingerprint density at radius 1 is 1.12 bits per heavy atom. The molecule has 1 aliphatic rings. The summed E-state index contributed by atoms with van der Waals surface area (Å²) in [6.45, 7) is 0. The van der Waals surface area contributed by atoms with E-state index in [-0.39, 0.29) is 5.56 Å². The number of halogens is 2. The summed E-state index contributed by atoms with van der Waals surface area (Å²) >= 11 is 12.9. The molecule has 3 aromatic rings. The lowest BCUT2D eigenvalue weighted by molar-refractivity contribution is 0.407. The number of H-pyrrole nitrogens is 1. The third-order valence-electron chi connectivity index (χ3n) is 5.34. The van der Waals surface area contributed by atoms with E-state index in [9.17, 15) is 13.2 Å². The fraction of sp³-hybridized carbons (Fsp3) is 0.208. The summed E-state index contributed by atoms with van der Waals surface area (Å²) in [6, 6.07) is 12.3.